The number of pyridine rings is 3. The number of nitrogens with zero attached hydrogens (tertiary/aromatic N) is 4. The Labute approximate surface area is 229 Å². The van der Waals surface area contributed by atoms with Gasteiger partial charge in [-0.25, -0.2) is 13.8 Å². The zero-order valence-corrected chi connectivity index (χ0v) is 21.7. The van der Waals surface area contributed by atoms with Crippen LogP contribution < -0.4 is 20.7 Å². The monoisotopic (exact) mass is 546 g/mol. The number of aromatic nitrogens is 3. The number of aliphatic hydroxyl groups is 1. The number of carbonyl (C=O) groups is 1. The highest BCUT2D eigenvalue weighted by atomic mass is 19.1. The Balaban J connectivity index is 1.27. The van der Waals surface area contributed by atoms with E-state index in [1.165, 1.54) is 25.4 Å². The zero-order valence-electron chi connectivity index (χ0n) is 21.7. The molecule has 1 aliphatic carbocycles. The van der Waals surface area contributed by atoms with Crippen molar-refractivity contribution in [1.29, 1.82) is 0 Å². The van der Waals surface area contributed by atoms with Crippen LogP contribution in [0.5, 0.6) is 5.75 Å². The van der Waals surface area contributed by atoms with Gasteiger partial charge in [-0.2, -0.15) is 0 Å². The van der Waals surface area contributed by atoms with Crippen LogP contribution >= 0.6 is 0 Å². The molecule has 1 saturated carbocycles. The molecule has 9 nitrogen and oxygen atoms in total. The number of anilines is 2. The molecule has 1 aromatic carbocycles. The van der Waals surface area contributed by atoms with Gasteiger partial charge < -0.3 is 25.8 Å². The van der Waals surface area contributed by atoms with Crippen molar-refractivity contribution >= 4 is 28.3 Å². The molecule has 1 saturated heterocycles. The molecule has 1 aliphatic heterocycles. The molecule has 0 spiro atoms. The first kappa shape index (κ1) is 26.0. The summed E-state index contributed by atoms with van der Waals surface area (Å²) < 4.78 is 34.3. The molecule has 4 heterocycles. The number of ether oxygens (including phenoxy) is 1. The van der Waals surface area contributed by atoms with Crippen molar-refractivity contribution < 1.29 is 23.4 Å². The van der Waals surface area contributed by atoms with Gasteiger partial charge in [-0.15, -0.1) is 0 Å². The Morgan fingerprint density at radius 1 is 1.10 bits per heavy atom. The second kappa shape index (κ2) is 10.4. The lowest BCUT2D eigenvalue weighted by molar-refractivity contribution is 0.0594. The summed E-state index contributed by atoms with van der Waals surface area (Å²) in [6.45, 7) is 1.08. The molecule has 1 amide bonds. The summed E-state index contributed by atoms with van der Waals surface area (Å²) in [7, 11) is 1.33. The summed E-state index contributed by atoms with van der Waals surface area (Å²) >= 11 is 0. The summed E-state index contributed by atoms with van der Waals surface area (Å²) in [5, 5.41) is 13.5. The van der Waals surface area contributed by atoms with Crippen LogP contribution in [0.15, 0.2) is 55.0 Å². The summed E-state index contributed by atoms with van der Waals surface area (Å²) in [5.74, 6) is -1.49. The van der Waals surface area contributed by atoms with Crippen molar-refractivity contribution in [1.82, 2.24) is 15.0 Å². The zero-order chi connectivity index (χ0) is 28.0. The highest BCUT2D eigenvalue weighted by molar-refractivity contribution is 6.05. The van der Waals surface area contributed by atoms with Gasteiger partial charge in [0.15, 0.2) is 0 Å². The van der Waals surface area contributed by atoms with E-state index in [2.05, 4.69) is 25.2 Å². The third-order valence-electron chi connectivity index (χ3n) is 7.66. The highest BCUT2D eigenvalue weighted by Gasteiger charge is 2.43. The maximum atomic E-state index is 14.7. The molecular weight excluding hydrogens is 518 g/mol. The number of nitrogens with two attached hydrogens (primary N) is 1. The molecule has 0 bridgehead atoms. The van der Waals surface area contributed by atoms with E-state index in [1.54, 1.807) is 18.5 Å². The number of amides is 1. The normalized spacial score (nSPS) is 20.9. The smallest absolute Gasteiger partial charge is 0.274 e. The Kier molecular flexibility index (Phi) is 6.77. The average molecular weight is 547 g/mol. The standard InChI is InChI=1S/C29H28F2N6O3/c1-40-17-9-19(30)27(20(31)10-17)16-8-24-22(34-11-16)4-5-23(35-24)29(39)36-25-12-33-7-6-26(25)37-13-18(15-2-3-15)28(38)21(32)14-37/h4-12,15,18,21,28,38H,2-3,13-14,32H2,1H3,(H,36,39)/t18?,21-,28-/m1/s1. The minimum Gasteiger partial charge on any atom is -0.497 e. The second-order valence-electron chi connectivity index (χ2n) is 10.3. The number of aliphatic hydroxyl groups excluding tert-OH is 1. The lowest BCUT2D eigenvalue weighted by Crippen LogP contribution is -2.57. The van der Waals surface area contributed by atoms with E-state index < -0.39 is 29.7 Å². The molecule has 6 rings (SSSR count). The topological polar surface area (TPSA) is 126 Å². The van der Waals surface area contributed by atoms with Crippen LogP contribution in [0.2, 0.25) is 0 Å². The summed E-state index contributed by atoms with van der Waals surface area (Å²) in [6, 6.07) is 8.23. The van der Waals surface area contributed by atoms with E-state index in [-0.39, 0.29) is 28.5 Å². The Morgan fingerprint density at radius 2 is 1.88 bits per heavy atom. The van der Waals surface area contributed by atoms with E-state index in [9.17, 15) is 18.7 Å². The van der Waals surface area contributed by atoms with E-state index in [4.69, 9.17) is 10.5 Å². The van der Waals surface area contributed by atoms with E-state index in [0.29, 0.717) is 35.7 Å². The van der Waals surface area contributed by atoms with Crippen LogP contribution in [0.25, 0.3) is 22.2 Å². The predicted octanol–water partition coefficient (Wildman–Crippen LogP) is 3.77. The number of piperidine rings is 1. The molecule has 40 heavy (non-hydrogen) atoms. The molecule has 3 atom stereocenters. The number of hydrogen-bond acceptors (Lipinski definition) is 8. The maximum absolute atomic E-state index is 14.7. The van der Waals surface area contributed by atoms with Crippen LogP contribution in [0.1, 0.15) is 23.3 Å². The molecule has 11 heteroatoms. The van der Waals surface area contributed by atoms with Gasteiger partial charge in [0.05, 0.1) is 47.4 Å². The quantitative estimate of drug-likeness (QED) is 0.334. The Bertz CT molecular complexity index is 1570. The summed E-state index contributed by atoms with van der Waals surface area (Å²) in [5.41, 5.74) is 8.30. The van der Waals surface area contributed by atoms with Gasteiger partial charge >= 0.3 is 0 Å². The Hall–Kier alpha value is -4.22. The maximum Gasteiger partial charge on any atom is 0.274 e. The lowest BCUT2D eigenvalue weighted by atomic mass is 9.87. The van der Waals surface area contributed by atoms with Gasteiger partial charge in [0.25, 0.3) is 5.91 Å². The van der Waals surface area contributed by atoms with Crippen molar-refractivity contribution in [3.05, 3.63) is 72.3 Å². The third kappa shape index (κ3) is 4.93. The van der Waals surface area contributed by atoms with Crippen molar-refractivity contribution in [2.24, 2.45) is 17.6 Å². The largest absolute Gasteiger partial charge is 0.497 e. The number of hydrogen-bond donors (Lipinski definition) is 3. The van der Waals surface area contributed by atoms with Crippen molar-refractivity contribution in [2.75, 3.05) is 30.4 Å². The van der Waals surface area contributed by atoms with Crippen molar-refractivity contribution in [3.8, 4) is 16.9 Å². The number of rotatable bonds is 6. The first-order valence-electron chi connectivity index (χ1n) is 13.1. The molecule has 1 unspecified atom stereocenters. The fourth-order valence-electron chi connectivity index (χ4n) is 5.42. The lowest BCUT2D eigenvalue weighted by Gasteiger charge is -2.42. The van der Waals surface area contributed by atoms with E-state index in [0.717, 1.165) is 30.7 Å². The van der Waals surface area contributed by atoms with Crippen LogP contribution in [0.3, 0.4) is 0 Å². The number of methoxy groups -OCH3 is 1. The predicted molar refractivity (Wildman–Crippen MR) is 146 cm³/mol. The molecular formula is C29H28F2N6O3. The van der Waals surface area contributed by atoms with Gasteiger partial charge in [-0.3, -0.25) is 14.8 Å². The number of fused-ring (bicyclic) bond motifs is 1. The van der Waals surface area contributed by atoms with E-state index in [1.807, 2.05) is 6.07 Å². The minimum atomic E-state index is -0.801. The molecule has 4 aromatic rings. The van der Waals surface area contributed by atoms with Gasteiger partial charge in [0.2, 0.25) is 0 Å². The fourth-order valence-corrected chi connectivity index (χ4v) is 5.42. The minimum absolute atomic E-state index is 0.0603. The van der Waals surface area contributed by atoms with E-state index >= 15 is 0 Å². The Morgan fingerprint density at radius 3 is 2.60 bits per heavy atom. The third-order valence-corrected chi connectivity index (χ3v) is 7.66. The first-order chi connectivity index (χ1) is 19.3. The summed E-state index contributed by atoms with van der Waals surface area (Å²) in [4.78, 5) is 28.2. The van der Waals surface area contributed by atoms with Crippen molar-refractivity contribution in [3.63, 3.8) is 0 Å². The second-order valence-corrected chi connectivity index (χ2v) is 10.3. The molecule has 0 radical (unpaired) electrons. The SMILES string of the molecule is COc1cc(F)c(-c2cnc3ccc(C(=O)Nc4cnccc4N4CC(C5CC5)[C@@H](O)[C@H](N)C4)nc3c2)c(F)c1. The number of carbonyl (C=O) groups excluding carboxylic acids is 1. The van der Waals surface area contributed by atoms with Crippen molar-refractivity contribution in [2.45, 2.75) is 25.0 Å². The number of nitrogens with one attached hydrogen (secondary N) is 1. The molecule has 206 valence electrons. The highest BCUT2D eigenvalue weighted by Crippen LogP contribution is 2.42. The first-order valence-corrected chi connectivity index (χ1v) is 13.1. The van der Waals surface area contributed by atoms with Gasteiger partial charge in [0, 0.05) is 55.1 Å². The summed E-state index contributed by atoms with van der Waals surface area (Å²) in [6.07, 6.45) is 6.19. The average Bonchev–Trinajstić information content (AvgIpc) is 3.79. The number of benzene rings is 1. The molecule has 4 N–H and O–H groups in total. The van der Waals surface area contributed by atoms with Crippen LogP contribution in [0, 0.1) is 23.5 Å². The number of halogens is 2. The molecule has 2 fully saturated rings. The van der Waals surface area contributed by atoms with Crippen LogP contribution in [0.4, 0.5) is 20.2 Å². The van der Waals surface area contributed by atoms with Gasteiger partial charge in [-0.05, 0) is 43.0 Å². The van der Waals surface area contributed by atoms with Crippen LogP contribution in [-0.4, -0.2) is 58.3 Å². The van der Waals surface area contributed by atoms with Gasteiger partial charge in [0.1, 0.15) is 23.1 Å². The van der Waals surface area contributed by atoms with Crippen LogP contribution in [-0.2, 0) is 0 Å². The molecule has 2 aliphatic rings. The fraction of sp³-hybridized carbons (Fsp3) is 0.310. The van der Waals surface area contributed by atoms with Gasteiger partial charge in [-0.1, -0.05) is 0 Å². The molecule has 3 aromatic heterocycles.